The predicted octanol–water partition coefficient (Wildman–Crippen LogP) is 1.57. The van der Waals surface area contributed by atoms with Crippen LogP contribution in [0.15, 0.2) is 24.3 Å². The second kappa shape index (κ2) is 9.08. The Morgan fingerprint density at radius 1 is 1.35 bits per heavy atom. The Balaban J connectivity index is 2.62. The van der Waals surface area contributed by atoms with Crippen LogP contribution in [0.25, 0.3) is 0 Å². The summed E-state index contributed by atoms with van der Waals surface area (Å²) in [6, 6.07) is 9.59. The number of esters is 1. The quantitative estimate of drug-likeness (QED) is 0.674. The molecule has 5 heteroatoms. The van der Waals surface area contributed by atoms with Gasteiger partial charge in [0, 0.05) is 26.7 Å². The molecule has 20 heavy (non-hydrogen) atoms. The molecule has 0 spiro atoms. The zero-order valence-corrected chi connectivity index (χ0v) is 12.0. The lowest BCUT2D eigenvalue weighted by molar-refractivity contribution is -0.141. The topological polar surface area (TPSA) is 62.6 Å². The van der Waals surface area contributed by atoms with E-state index in [4.69, 9.17) is 10.00 Å². The van der Waals surface area contributed by atoms with Gasteiger partial charge in [0.15, 0.2) is 0 Å². The average Bonchev–Trinajstić information content (AvgIpc) is 2.49. The number of nitriles is 1. The minimum atomic E-state index is -0.224. The molecule has 0 aromatic heterocycles. The highest BCUT2D eigenvalue weighted by atomic mass is 16.5. The van der Waals surface area contributed by atoms with E-state index in [1.807, 2.05) is 18.2 Å². The molecule has 0 unspecified atom stereocenters. The van der Waals surface area contributed by atoms with Gasteiger partial charge in [0.05, 0.1) is 31.8 Å². The molecule has 0 amide bonds. The van der Waals surface area contributed by atoms with E-state index in [1.165, 1.54) is 7.11 Å². The SMILES string of the molecule is COCCN(CCC(=O)OC)Cc1cccc(C#N)c1. The number of nitrogens with zero attached hydrogens (tertiary/aromatic N) is 2. The summed E-state index contributed by atoms with van der Waals surface area (Å²) in [5, 5.41) is 8.90. The van der Waals surface area contributed by atoms with Crippen molar-refractivity contribution >= 4 is 5.97 Å². The van der Waals surface area contributed by atoms with E-state index < -0.39 is 0 Å². The lowest BCUT2D eigenvalue weighted by Crippen LogP contribution is -2.29. The molecular weight excluding hydrogens is 256 g/mol. The van der Waals surface area contributed by atoms with Crippen LogP contribution < -0.4 is 0 Å². The molecule has 0 bridgehead atoms. The summed E-state index contributed by atoms with van der Waals surface area (Å²) >= 11 is 0. The normalized spacial score (nSPS) is 10.3. The molecule has 0 saturated carbocycles. The van der Waals surface area contributed by atoms with Crippen LogP contribution >= 0.6 is 0 Å². The van der Waals surface area contributed by atoms with Crippen molar-refractivity contribution in [2.75, 3.05) is 33.9 Å². The first kappa shape index (κ1) is 16.2. The van der Waals surface area contributed by atoms with E-state index in [1.54, 1.807) is 13.2 Å². The van der Waals surface area contributed by atoms with Crippen LogP contribution in [-0.2, 0) is 20.8 Å². The van der Waals surface area contributed by atoms with Crippen molar-refractivity contribution in [3.8, 4) is 6.07 Å². The van der Waals surface area contributed by atoms with Crippen LogP contribution in [0.4, 0.5) is 0 Å². The van der Waals surface area contributed by atoms with Crippen molar-refractivity contribution in [3.63, 3.8) is 0 Å². The third kappa shape index (κ3) is 5.83. The molecule has 0 heterocycles. The molecule has 0 aliphatic heterocycles. The Bertz CT molecular complexity index is 468. The molecule has 1 rings (SSSR count). The monoisotopic (exact) mass is 276 g/mol. The third-order valence-corrected chi connectivity index (χ3v) is 2.93. The Labute approximate surface area is 119 Å². The average molecular weight is 276 g/mol. The van der Waals surface area contributed by atoms with Gasteiger partial charge in [-0.3, -0.25) is 9.69 Å². The third-order valence-electron chi connectivity index (χ3n) is 2.93. The Kier molecular flexibility index (Phi) is 7.33. The van der Waals surface area contributed by atoms with Gasteiger partial charge in [0.2, 0.25) is 0 Å². The van der Waals surface area contributed by atoms with Crippen LogP contribution in [0.3, 0.4) is 0 Å². The number of rotatable bonds is 8. The number of carbonyl (C=O) groups is 1. The number of hydrogen-bond donors (Lipinski definition) is 0. The van der Waals surface area contributed by atoms with Crippen molar-refractivity contribution in [2.24, 2.45) is 0 Å². The van der Waals surface area contributed by atoms with E-state index in [9.17, 15) is 4.79 Å². The van der Waals surface area contributed by atoms with Gasteiger partial charge in [-0.2, -0.15) is 5.26 Å². The molecule has 0 aliphatic carbocycles. The summed E-state index contributed by atoms with van der Waals surface area (Å²) in [6.07, 6.45) is 0.345. The van der Waals surface area contributed by atoms with E-state index >= 15 is 0 Å². The van der Waals surface area contributed by atoms with Crippen LogP contribution in [0.5, 0.6) is 0 Å². The first-order valence-electron chi connectivity index (χ1n) is 6.46. The van der Waals surface area contributed by atoms with Crippen molar-refractivity contribution in [1.29, 1.82) is 5.26 Å². The molecule has 5 nitrogen and oxygen atoms in total. The number of ether oxygens (including phenoxy) is 2. The van der Waals surface area contributed by atoms with Gasteiger partial charge in [-0.25, -0.2) is 0 Å². The van der Waals surface area contributed by atoms with Gasteiger partial charge in [-0.15, -0.1) is 0 Å². The zero-order chi connectivity index (χ0) is 14.8. The second-order valence-electron chi connectivity index (χ2n) is 4.41. The first-order chi connectivity index (χ1) is 9.69. The maximum Gasteiger partial charge on any atom is 0.306 e. The fraction of sp³-hybridized carbons (Fsp3) is 0.467. The van der Waals surface area contributed by atoms with E-state index in [2.05, 4.69) is 15.7 Å². The first-order valence-corrected chi connectivity index (χ1v) is 6.46. The number of carbonyl (C=O) groups excluding carboxylic acids is 1. The molecule has 0 fully saturated rings. The molecular formula is C15H20N2O3. The summed E-state index contributed by atoms with van der Waals surface area (Å²) in [6.45, 7) is 2.60. The zero-order valence-electron chi connectivity index (χ0n) is 12.0. The molecule has 108 valence electrons. The lowest BCUT2D eigenvalue weighted by Gasteiger charge is -2.21. The van der Waals surface area contributed by atoms with E-state index in [-0.39, 0.29) is 5.97 Å². The van der Waals surface area contributed by atoms with Crippen LogP contribution in [-0.4, -0.2) is 44.8 Å². The van der Waals surface area contributed by atoms with Gasteiger partial charge in [-0.1, -0.05) is 12.1 Å². The Hall–Kier alpha value is -1.90. The molecule has 0 N–H and O–H groups in total. The van der Waals surface area contributed by atoms with E-state index in [0.717, 1.165) is 12.1 Å². The highest BCUT2D eigenvalue weighted by Crippen LogP contribution is 2.08. The maximum absolute atomic E-state index is 11.2. The van der Waals surface area contributed by atoms with Gasteiger partial charge in [-0.05, 0) is 17.7 Å². The molecule has 1 aromatic rings. The largest absolute Gasteiger partial charge is 0.469 e. The van der Waals surface area contributed by atoms with Gasteiger partial charge in [0.1, 0.15) is 0 Å². The fourth-order valence-corrected chi connectivity index (χ4v) is 1.84. The highest BCUT2D eigenvalue weighted by Gasteiger charge is 2.09. The standard InChI is InChI=1S/C15H20N2O3/c1-19-9-8-17(7-6-15(18)20-2)12-14-5-3-4-13(10-14)11-16/h3-5,10H,6-9,12H2,1-2H3. The summed E-state index contributed by atoms with van der Waals surface area (Å²) in [4.78, 5) is 13.3. The van der Waals surface area contributed by atoms with E-state index in [0.29, 0.717) is 31.7 Å². The Morgan fingerprint density at radius 2 is 2.15 bits per heavy atom. The second-order valence-corrected chi connectivity index (χ2v) is 4.41. The molecule has 1 aromatic carbocycles. The molecule has 0 radical (unpaired) electrons. The highest BCUT2D eigenvalue weighted by molar-refractivity contribution is 5.69. The molecule has 0 atom stereocenters. The maximum atomic E-state index is 11.2. The molecule has 0 saturated heterocycles. The van der Waals surface area contributed by atoms with Crippen molar-refractivity contribution in [3.05, 3.63) is 35.4 Å². The minimum Gasteiger partial charge on any atom is -0.469 e. The van der Waals surface area contributed by atoms with Gasteiger partial charge >= 0.3 is 5.97 Å². The van der Waals surface area contributed by atoms with Gasteiger partial charge < -0.3 is 9.47 Å². The summed E-state index contributed by atoms with van der Waals surface area (Å²) in [5.41, 5.74) is 1.69. The fourth-order valence-electron chi connectivity index (χ4n) is 1.84. The summed E-state index contributed by atoms with van der Waals surface area (Å²) in [5.74, 6) is -0.224. The predicted molar refractivity (Wildman–Crippen MR) is 74.9 cm³/mol. The van der Waals surface area contributed by atoms with Crippen molar-refractivity contribution < 1.29 is 14.3 Å². The Morgan fingerprint density at radius 3 is 2.80 bits per heavy atom. The van der Waals surface area contributed by atoms with Crippen LogP contribution in [0, 0.1) is 11.3 Å². The number of benzene rings is 1. The summed E-state index contributed by atoms with van der Waals surface area (Å²) < 4.78 is 9.73. The van der Waals surface area contributed by atoms with Crippen molar-refractivity contribution in [1.82, 2.24) is 4.90 Å². The smallest absolute Gasteiger partial charge is 0.306 e. The minimum absolute atomic E-state index is 0.224. The number of methoxy groups -OCH3 is 2. The lowest BCUT2D eigenvalue weighted by atomic mass is 10.1. The molecule has 0 aliphatic rings. The van der Waals surface area contributed by atoms with Crippen LogP contribution in [0.1, 0.15) is 17.5 Å². The van der Waals surface area contributed by atoms with Crippen molar-refractivity contribution in [2.45, 2.75) is 13.0 Å². The van der Waals surface area contributed by atoms with Gasteiger partial charge in [0.25, 0.3) is 0 Å². The number of hydrogen-bond acceptors (Lipinski definition) is 5. The van der Waals surface area contributed by atoms with Crippen LogP contribution in [0.2, 0.25) is 0 Å². The summed E-state index contributed by atoms with van der Waals surface area (Å²) in [7, 11) is 3.03.